The molecule has 1 aliphatic heterocycles. The van der Waals surface area contributed by atoms with Crippen molar-refractivity contribution in [2.75, 3.05) is 26.4 Å². The highest BCUT2D eigenvalue weighted by molar-refractivity contribution is 6.06. The predicted molar refractivity (Wildman–Crippen MR) is 135 cm³/mol. The minimum absolute atomic E-state index is 0.309. The summed E-state index contributed by atoms with van der Waals surface area (Å²) in [7, 11) is 3.60. The van der Waals surface area contributed by atoms with Crippen LogP contribution in [0.3, 0.4) is 0 Å². The Hall–Kier alpha value is -4.60. The third kappa shape index (κ3) is 4.60. The quantitative estimate of drug-likeness (QED) is 0.226. The topological polar surface area (TPSA) is 115 Å². The van der Waals surface area contributed by atoms with Gasteiger partial charge < -0.3 is 28.1 Å². The van der Waals surface area contributed by atoms with E-state index in [2.05, 4.69) is 0 Å². The molecular weight excluding hydrogens is 492 g/mol. The molecule has 10 heteroatoms. The Labute approximate surface area is 217 Å². The molecule has 0 unspecified atom stereocenters. The monoisotopic (exact) mass is 518 g/mol. The molecule has 196 valence electrons. The summed E-state index contributed by atoms with van der Waals surface area (Å²) in [4.78, 5) is 52.2. The number of esters is 4. The fraction of sp³-hybridized carbons (Fsp3) is 0.286. The van der Waals surface area contributed by atoms with Gasteiger partial charge in [-0.25, -0.2) is 0 Å². The molecule has 0 saturated carbocycles. The number of carbonyl (C=O) groups excluding carboxylic acids is 4. The normalized spacial score (nSPS) is 19.9. The van der Waals surface area contributed by atoms with Crippen LogP contribution in [0, 0.1) is 0 Å². The second kappa shape index (κ2) is 10.4. The van der Waals surface area contributed by atoms with E-state index in [1.807, 2.05) is 24.3 Å². The van der Waals surface area contributed by atoms with Crippen LogP contribution in [0.15, 0.2) is 60.9 Å². The number of hydrogen-bond donors (Lipinski definition) is 0. The second-order valence-electron chi connectivity index (χ2n) is 8.96. The highest BCUT2D eigenvalue weighted by Gasteiger charge is 2.37. The van der Waals surface area contributed by atoms with E-state index in [4.69, 9.17) is 18.9 Å². The Morgan fingerprint density at radius 3 is 1.21 bits per heavy atom. The van der Waals surface area contributed by atoms with Gasteiger partial charge >= 0.3 is 23.9 Å². The van der Waals surface area contributed by atoms with Crippen LogP contribution in [-0.4, -0.2) is 59.4 Å². The first-order valence-corrected chi connectivity index (χ1v) is 12.1. The van der Waals surface area contributed by atoms with Gasteiger partial charge in [0, 0.05) is 59.4 Å². The molecule has 10 nitrogen and oxygen atoms in total. The van der Waals surface area contributed by atoms with Crippen LogP contribution in [0.1, 0.15) is 23.0 Å². The molecule has 1 fully saturated rings. The van der Waals surface area contributed by atoms with E-state index in [1.165, 1.54) is 0 Å². The second-order valence-corrected chi connectivity index (χ2v) is 8.96. The Bertz CT molecular complexity index is 1400. The Kier molecular flexibility index (Phi) is 6.87. The van der Waals surface area contributed by atoms with Crippen molar-refractivity contribution in [3.05, 3.63) is 72.1 Å². The molecule has 0 amide bonds. The maximum Gasteiger partial charge on any atom is 0.325 e. The number of carbonyl (C=O) groups is 4. The maximum atomic E-state index is 13.1. The number of ether oxygens (including phenoxy) is 4. The van der Waals surface area contributed by atoms with Gasteiger partial charge in [0.05, 0.1) is 0 Å². The number of aryl methyl sites for hydroxylation is 2. The van der Waals surface area contributed by atoms with E-state index in [9.17, 15) is 19.2 Å². The van der Waals surface area contributed by atoms with Crippen molar-refractivity contribution >= 4 is 45.7 Å². The van der Waals surface area contributed by atoms with Crippen molar-refractivity contribution in [3.63, 3.8) is 0 Å². The number of nitrogens with zero attached hydrogens (tertiary/aromatic N) is 2. The Morgan fingerprint density at radius 2 is 0.868 bits per heavy atom. The molecule has 38 heavy (non-hydrogen) atoms. The summed E-state index contributed by atoms with van der Waals surface area (Å²) in [5.41, 5.74) is 2.50. The zero-order valence-electron chi connectivity index (χ0n) is 20.9. The van der Waals surface area contributed by atoms with Gasteiger partial charge in [-0.15, -0.1) is 0 Å². The molecule has 1 aliphatic rings. The van der Waals surface area contributed by atoms with Crippen LogP contribution in [0.5, 0.6) is 0 Å². The lowest BCUT2D eigenvalue weighted by Crippen LogP contribution is -2.31. The smallest absolute Gasteiger partial charge is 0.325 e. The summed E-state index contributed by atoms with van der Waals surface area (Å²) in [6, 6.07) is 14.6. The zero-order chi connectivity index (χ0) is 26.8. The number of benzene rings is 2. The highest BCUT2D eigenvalue weighted by atomic mass is 16.6. The molecule has 5 rings (SSSR count). The van der Waals surface area contributed by atoms with Gasteiger partial charge in [0.25, 0.3) is 0 Å². The van der Waals surface area contributed by atoms with E-state index in [1.54, 1.807) is 59.9 Å². The number of para-hydroxylation sites is 2. The van der Waals surface area contributed by atoms with Crippen LogP contribution < -0.4 is 0 Å². The van der Waals surface area contributed by atoms with E-state index in [0.717, 1.165) is 11.0 Å². The minimum Gasteiger partial charge on any atom is -0.461 e. The van der Waals surface area contributed by atoms with Crippen molar-refractivity contribution < 1.29 is 38.1 Å². The average Bonchev–Trinajstić information content (AvgIpc) is 3.41. The van der Waals surface area contributed by atoms with Crippen molar-refractivity contribution in [2.45, 2.75) is 11.8 Å². The van der Waals surface area contributed by atoms with E-state index < -0.39 is 35.7 Å². The maximum absolute atomic E-state index is 13.1. The van der Waals surface area contributed by atoms with Crippen LogP contribution in [0.25, 0.3) is 21.8 Å². The van der Waals surface area contributed by atoms with Crippen LogP contribution >= 0.6 is 0 Å². The SMILES string of the molecule is Cn1cc(C2C(=O)OCCOC(=O)C(c3cn(C)c4ccccc34)C(=O)OCCOC2=O)c2ccccc21. The Morgan fingerprint density at radius 1 is 0.553 bits per heavy atom. The first kappa shape index (κ1) is 25.1. The molecule has 0 atom stereocenters. The third-order valence-corrected chi connectivity index (χ3v) is 6.56. The predicted octanol–water partition coefficient (Wildman–Crippen LogP) is 2.72. The van der Waals surface area contributed by atoms with E-state index in [0.29, 0.717) is 21.9 Å². The molecule has 0 spiro atoms. The summed E-state index contributed by atoms with van der Waals surface area (Å²) < 4.78 is 24.9. The zero-order valence-corrected chi connectivity index (χ0v) is 20.9. The van der Waals surface area contributed by atoms with E-state index >= 15 is 0 Å². The van der Waals surface area contributed by atoms with Crippen LogP contribution in [0.4, 0.5) is 0 Å². The molecule has 0 N–H and O–H groups in total. The molecular formula is C28H26N2O8. The summed E-state index contributed by atoms with van der Waals surface area (Å²) in [6.45, 7) is -1.24. The van der Waals surface area contributed by atoms with Gasteiger partial charge in [-0.05, 0) is 12.1 Å². The lowest BCUT2D eigenvalue weighted by atomic mass is 9.98. The summed E-state index contributed by atoms with van der Waals surface area (Å²) in [6.07, 6.45) is 3.35. The van der Waals surface area contributed by atoms with Crippen molar-refractivity contribution in [2.24, 2.45) is 14.1 Å². The number of rotatable bonds is 2. The summed E-state index contributed by atoms with van der Waals surface area (Å²) >= 11 is 0. The fourth-order valence-corrected chi connectivity index (χ4v) is 4.81. The van der Waals surface area contributed by atoms with Gasteiger partial charge in [-0.3, -0.25) is 19.2 Å². The lowest BCUT2D eigenvalue weighted by molar-refractivity contribution is -0.168. The summed E-state index contributed by atoms with van der Waals surface area (Å²) in [5.74, 6) is -6.05. The molecule has 0 radical (unpaired) electrons. The van der Waals surface area contributed by atoms with Gasteiger partial charge in [0.15, 0.2) is 11.8 Å². The number of hydrogen-bond acceptors (Lipinski definition) is 8. The average molecular weight is 519 g/mol. The van der Waals surface area contributed by atoms with Crippen LogP contribution in [-0.2, 0) is 52.2 Å². The van der Waals surface area contributed by atoms with Gasteiger partial charge in [-0.1, -0.05) is 36.4 Å². The fourth-order valence-electron chi connectivity index (χ4n) is 4.81. The number of aromatic nitrogens is 2. The van der Waals surface area contributed by atoms with Crippen molar-refractivity contribution in [3.8, 4) is 0 Å². The van der Waals surface area contributed by atoms with Gasteiger partial charge in [0.2, 0.25) is 0 Å². The minimum atomic E-state index is -1.36. The molecule has 4 aromatic rings. The first-order valence-electron chi connectivity index (χ1n) is 12.1. The lowest BCUT2D eigenvalue weighted by Gasteiger charge is -2.18. The molecule has 3 heterocycles. The first-order chi connectivity index (χ1) is 18.4. The molecule has 1 saturated heterocycles. The van der Waals surface area contributed by atoms with Gasteiger partial charge in [-0.2, -0.15) is 0 Å². The molecule has 0 bridgehead atoms. The van der Waals surface area contributed by atoms with Crippen molar-refractivity contribution in [1.29, 1.82) is 0 Å². The largest absolute Gasteiger partial charge is 0.461 e. The van der Waals surface area contributed by atoms with Gasteiger partial charge in [0.1, 0.15) is 26.4 Å². The third-order valence-electron chi connectivity index (χ3n) is 6.56. The molecule has 0 aliphatic carbocycles. The Balaban J connectivity index is 1.40. The molecule has 2 aromatic heterocycles. The van der Waals surface area contributed by atoms with Crippen molar-refractivity contribution in [1.82, 2.24) is 9.13 Å². The number of fused-ring (bicyclic) bond motifs is 2. The highest BCUT2D eigenvalue weighted by Crippen LogP contribution is 2.31. The van der Waals surface area contributed by atoms with Crippen LogP contribution in [0.2, 0.25) is 0 Å². The molecule has 2 aromatic carbocycles. The summed E-state index contributed by atoms with van der Waals surface area (Å²) in [5, 5.41) is 1.40. The van der Waals surface area contributed by atoms with E-state index in [-0.39, 0.29) is 26.4 Å². The number of cyclic esters (lactones) is 4. The standard InChI is InChI=1S/C28H26N2O8/c1-29-15-19(17-7-3-5-9-21(17)29)23-25(31)35-11-13-37-27(33)24(28(34)38-14-12-36-26(23)32)20-16-30(2)22-10-6-4-8-18(20)22/h3-10,15-16,23-24H,11-14H2,1-2H3.